The molecule has 152 valence electrons. The van der Waals surface area contributed by atoms with E-state index < -0.39 is 17.6 Å². The Hall–Kier alpha value is -2.08. The molecule has 1 fully saturated rings. The van der Waals surface area contributed by atoms with Crippen molar-refractivity contribution >= 4 is 16.7 Å². The first kappa shape index (κ1) is 20.6. The minimum Gasteiger partial charge on any atom is -0.287 e. The third-order valence-electron chi connectivity index (χ3n) is 5.36. The molecule has 1 N–H and O–H groups in total. The fourth-order valence-electron chi connectivity index (χ4n) is 3.74. The first-order chi connectivity index (χ1) is 13.1. The summed E-state index contributed by atoms with van der Waals surface area (Å²) in [5, 5.41) is 2.73. The summed E-state index contributed by atoms with van der Waals surface area (Å²) in [6, 6.07) is 8.92. The predicted octanol–water partition coefficient (Wildman–Crippen LogP) is 5.55. The maximum absolute atomic E-state index is 13.9. The standard InChI is InChI=1S/C22H27F3N2O/c1-4-5-6-7-15-8-9-17-13-18(11-10-16(17)12-15)19(22(23,24)25)27-14-21(2,3)20(28)26-27/h8-13,19H,4-7,14H2,1-3H3,(H,26,28)/t19-/m0/s1. The molecule has 0 aromatic heterocycles. The average Bonchev–Trinajstić information content (AvgIpc) is 2.86. The number of hydrogen-bond donors (Lipinski definition) is 1. The van der Waals surface area contributed by atoms with E-state index in [2.05, 4.69) is 18.4 Å². The van der Waals surface area contributed by atoms with E-state index in [0.717, 1.165) is 35.0 Å². The van der Waals surface area contributed by atoms with Crippen LogP contribution >= 0.6 is 0 Å². The van der Waals surface area contributed by atoms with Gasteiger partial charge in [-0.15, -0.1) is 0 Å². The molecule has 0 radical (unpaired) electrons. The van der Waals surface area contributed by atoms with Crippen LogP contribution in [0.25, 0.3) is 10.8 Å². The molecule has 1 saturated heterocycles. The molecule has 1 aliphatic rings. The third kappa shape index (κ3) is 4.32. The number of halogens is 3. The van der Waals surface area contributed by atoms with E-state index in [-0.39, 0.29) is 18.0 Å². The second-order valence-corrected chi connectivity index (χ2v) is 8.29. The molecule has 6 heteroatoms. The fraction of sp³-hybridized carbons (Fsp3) is 0.500. The molecule has 0 bridgehead atoms. The number of nitrogens with one attached hydrogen (secondary N) is 1. The van der Waals surface area contributed by atoms with Crippen molar-refractivity contribution in [2.24, 2.45) is 5.41 Å². The number of carbonyl (C=O) groups is 1. The number of carbonyl (C=O) groups excluding carboxylic acids is 1. The average molecular weight is 392 g/mol. The summed E-state index contributed by atoms with van der Waals surface area (Å²) in [5.41, 5.74) is 2.90. The van der Waals surface area contributed by atoms with Crippen LogP contribution in [0.2, 0.25) is 0 Å². The lowest BCUT2D eigenvalue weighted by atomic mass is 9.93. The fourth-order valence-corrected chi connectivity index (χ4v) is 3.74. The summed E-state index contributed by atoms with van der Waals surface area (Å²) in [7, 11) is 0. The number of amides is 1. The van der Waals surface area contributed by atoms with Gasteiger partial charge in [-0.3, -0.25) is 10.2 Å². The summed E-state index contributed by atoms with van der Waals surface area (Å²) < 4.78 is 41.6. The van der Waals surface area contributed by atoms with Crippen molar-refractivity contribution in [2.45, 2.75) is 58.7 Å². The predicted molar refractivity (Wildman–Crippen MR) is 105 cm³/mol. The number of hydrazine groups is 1. The number of aryl methyl sites for hydroxylation is 1. The minimum atomic E-state index is -4.50. The number of alkyl halides is 3. The molecule has 3 rings (SSSR count). The van der Waals surface area contributed by atoms with Gasteiger partial charge in [0, 0.05) is 6.54 Å². The van der Waals surface area contributed by atoms with E-state index in [9.17, 15) is 18.0 Å². The zero-order valence-electron chi connectivity index (χ0n) is 16.6. The second-order valence-electron chi connectivity index (χ2n) is 8.29. The highest BCUT2D eigenvalue weighted by atomic mass is 19.4. The largest absolute Gasteiger partial charge is 0.409 e. The van der Waals surface area contributed by atoms with Gasteiger partial charge < -0.3 is 0 Å². The van der Waals surface area contributed by atoms with Crippen molar-refractivity contribution in [3.05, 3.63) is 47.5 Å². The van der Waals surface area contributed by atoms with Gasteiger partial charge in [-0.1, -0.05) is 50.1 Å². The topological polar surface area (TPSA) is 32.3 Å². The van der Waals surface area contributed by atoms with Gasteiger partial charge in [0.05, 0.1) is 5.41 Å². The maximum atomic E-state index is 13.9. The molecule has 1 aliphatic heterocycles. The van der Waals surface area contributed by atoms with E-state index in [1.807, 2.05) is 12.1 Å². The van der Waals surface area contributed by atoms with Crippen molar-refractivity contribution < 1.29 is 18.0 Å². The molecule has 2 aromatic carbocycles. The first-order valence-electron chi connectivity index (χ1n) is 9.79. The van der Waals surface area contributed by atoms with Crippen LogP contribution < -0.4 is 5.43 Å². The van der Waals surface area contributed by atoms with Gasteiger partial charge in [-0.25, -0.2) is 5.01 Å². The van der Waals surface area contributed by atoms with E-state index >= 15 is 0 Å². The minimum absolute atomic E-state index is 0.00438. The number of unbranched alkanes of at least 4 members (excludes halogenated alkanes) is 2. The molecule has 0 aliphatic carbocycles. The molecule has 0 saturated carbocycles. The van der Waals surface area contributed by atoms with Crippen LogP contribution in [0.5, 0.6) is 0 Å². The lowest BCUT2D eigenvalue weighted by molar-refractivity contribution is -0.191. The molecule has 0 spiro atoms. The van der Waals surface area contributed by atoms with Gasteiger partial charge in [-0.2, -0.15) is 13.2 Å². The Bertz CT molecular complexity index is 860. The summed E-state index contributed by atoms with van der Waals surface area (Å²) in [5.74, 6) is -0.390. The van der Waals surface area contributed by atoms with Crippen LogP contribution in [0, 0.1) is 5.41 Å². The molecule has 1 heterocycles. The Kier molecular flexibility index (Phi) is 5.71. The van der Waals surface area contributed by atoms with E-state index in [1.165, 1.54) is 18.1 Å². The van der Waals surface area contributed by atoms with Crippen LogP contribution in [0.1, 0.15) is 57.2 Å². The molecule has 1 amide bonds. The lowest BCUT2D eigenvalue weighted by Crippen LogP contribution is -2.43. The quantitative estimate of drug-likeness (QED) is 0.654. The number of nitrogens with zero attached hydrogens (tertiary/aromatic N) is 1. The van der Waals surface area contributed by atoms with Crippen molar-refractivity contribution in [3.8, 4) is 0 Å². The highest BCUT2D eigenvalue weighted by Crippen LogP contribution is 2.41. The molecular formula is C22H27F3N2O. The Morgan fingerprint density at radius 3 is 2.39 bits per heavy atom. The van der Waals surface area contributed by atoms with Gasteiger partial charge in [0.1, 0.15) is 6.04 Å². The SMILES string of the molecule is CCCCCc1ccc2cc([C@H](N3CC(C)(C)C(=O)N3)C(F)(F)F)ccc2c1. The van der Waals surface area contributed by atoms with Crippen LogP contribution in [0.4, 0.5) is 13.2 Å². The Balaban J connectivity index is 1.91. The molecule has 28 heavy (non-hydrogen) atoms. The van der Waals surface area contributed by atoms with Crippen molar-refractivity contribution in [3.63, 3.8) is 0 Å². The zero-order valence-corrected chi connectivity index (χ0v) is 16.6. The van der Waals surface area contributed by atoms with Gasteiger partial charge in [-0.05, 0) is 54.7 Å². The third-order valence-corrected chi connectivity index (χ3v) is 5.36. The van der Waals surface area contributed by atoms with Crippen molar-refractivity contribution in [2.75, 3.05) is 6.54 Å². The number of fused-ring (bicyclic) bond motifs is 1. The van der Waals surface area contributed by atoms with Gasteiger partial charge in [0.25, 0.3) is 0 Å². The van der Waals surface area contributed by atoms with E-state index in [4.69, 9.17) is 0 Å². The summed E-state index contributed by atoms with van der Waals surface area (Å²) >= 11 is 0. The molecule has 3 nitrogen and oxygen atoms in total. The zero-order chi connectivity index (χ0) is 20.5. The summed E-state index contributed by atoms with van der Waals surface area (Å²) in [6.45, 7) is 5.46. The van der Waals surface area contributed by atoms with E-state index in [0.29, 0.717) is 0 Å². The second kappa shape index (κ2) is 7.74. The smallest absolute Gasteiger partial charge is 0.287 e. The molecule has 2 aromatic rings. The highest BCUT2D eigenvalue weighted by molar-refractivity contribution is 5.85. The van der Waals surface area contributed by atoms with Gasteiger partial charge in [0.2, 0.25) is 5.91 Å². The van der Waals surface area contributed by atoms with Gasteiger partial charge in [0.15, 0.2) is 0 Å². The van der Waals surface area contributed by atoms with E-state index in [1.54, 1.807) is 26.0 Å². The van der Waals surface area contributed by atoms with Crippen molar-refractivity contribution in [1.29, 1.82) is 0 Å². The normalized spacial score (nSPS) is 18.4. The number of rotatable bonds is 6. The van der Waals surface area contributed by atoms with Crippen LogP contribution in [-0.4, -0.2) is 23.6 Å². The monoisotopic (exact) mass is 392 g/mol. The van der Waals surface area contributed by atoms with Crippen LogP contribution in [0.15, 0.2) is 36.4 Å². The maximum Gasteiger partial charge on any atom is 0.409 e. The Morgan fingerprint density at radius 1 is 1.11 bits per heavy atom. The summed E-state index contributed by atoms with van der Waals surface area (Å²) in [6.07, 6.45) is -0.0878. The Labute approximate surface area is 163 Å². The molecule has 0 unspecified atom stereocenters. The van der Waals surface area contributed by atoms with Crippen molar-refractivity contribution in [1.82, 2.24) is 10.4 Å². The highest BCUT2D eigenvalue weighted by Gasteiger charge is 2.51. The molecule has 1 atom stereocenters. The number of benzene rings is 2. The Morgan fingerprint density at radius 2 is 1.79 bits per heavy atom. The molecular weight excluding hydrogens is 365 g/mol. The summed E-state index contributed by atoms with van der Waals surface area (Å²) in [4.78, 5) is 12.0. The number of hydrogen-bond acceptors (Lipinski definition) is 2. The first-order valence-corrected chi connectivity index (χ1v) is 9.79. The van der Waals surface area contributed by atoms with Crippen LogP contribution in [0.3, 0.4) is 0 Å². The van der Waals surface area contributed by atoms with Crippen LogP contribution in [-0.2, 0) is 11.2 Å². The lowest BCUT2D eigenvalue weighted by Gasteiger charge is -2.30. The van der Waals surface area contributed by atoms with Gasteiger partial charge >= 0.3 is 6.18 Å².